The summed E-state index contributed by atoms with van der Waals surface area (Å²) in [5.74, 6) is 13.3. The van der Waals surface area contributed by atoms with Crippen molar-refractivity contribution in [1.29, 1.82) is 0 Å². The van der Waals surface area contributed by atoms with Crippen LogP contribution in [0.1, 0.15) is 218 Å². The lowest BCUT2D eigenvalue weighted by Gasteiger charge is -2.58. The van der Waals surface area contributed by atoms with Crippen LogP contribution in [-0.2, 0) is 9.59 Å². The van der Waals surface area contributed by atoms with E-state index in [0.717, 1.165) is 121 Å². The van der Waals surface area contributed by atoms with Crippen molar-refractivity contribution < 1.29 is 9.59 Å². The van der Waals surface area contributed by atoms with Gasteiger partial charge in [0.05, 0.1) is 0 Å². The summed E-state index contributed by atoms with van der Waals surface area (Å²) in [4.78, 5) is 24.2. The minimum absolute atomic E-state index is 0.327. The third-order valence-electron chi connectivity index (χ3n) is 22.1. The Morgan fingerprint density at radius 3 is 1.39 bits per heavy atom. The quantitative estimate of drug-likeness (QED) is 0.195. The number of allylic oxidation sites excluding steroid dienone is 4. The molecule has 0 aromatic rings. The first kappa shape index (κ1) is 45.8. The molecular formula is C57H94O2. The third kappa shape index (κ3) is 8.37. The van der Waals surface area contributed by atoms with Crippen LogP contribution in [0, 0.1) is 105 Å². The summed E-state index contributed by atoms with van der Waals surface area (Å²) in [5.41, 5.74) is 4.82. The van der Waals surface area contributed by atoms with E-state index in [2.05, 4.69) is 95.2 Å². The first-order valence-corrected chi connectivity index (χ1v) is 26.3. The summed E-state index contributed by atoms with van der Waals surface area (Å²) in [7, 11) is 0. The molecule has 6 saturated carbocycles. The lowest BCUT2D eigenvalue weighted by atomic mass is 9.47. The summed E-state index contributed by atoms with van der Waals surface area (Å²) < 4.78 is 0. The Morgan fingerprint density at radius 1 is 0.542 bits per heavy atom. The van der Waals surface area contributed by atoms with E-state index in [1.165, 1.54) is 107 Å². The van der Waals surface area contributed by atoms with Gasteiger partial charge in [0.2, 0.25) is 0 Å². The van der Waals surface area contributed by atoms with Crippen molar-refractivity contribution in [2.45, 2.75) is 218 Å². The van der Waals surface area contributed by atoms with E-state index in [1.54, 1.807) is 0 Å². The minimum Gasteiger partial charge on any atom is -0.299 e. The maximum absolute atomic E-state index is 12.1. The molecule has 2 heteroatoms. The van der Waals surface area contributed by atoms with Gasteiger partial charge in [-0.25, -0.2) is 0 Å². The molecule has 16 atom stereocenters. The molecule has 0 amide bonds. The average Bonchev–Trinajstić information content (AvgIpc) is 3.74. The van der Waals surface area contributed by atoms with E-state index in [9.17, 15) is 9.59 Å². The van der Waals surface area contributed by atoms with E-state index in [0.29, 0.717) is 33.2 Å². The largest absolute Gasteiger partial charge is 0.299 e. The van der Waals surface area contributed by atoms with Gasteiger partial charge in [-0.1, -0.05) is 132 Å². The van der Waals surface area contributed by atoms with Crippen LogP contribution in [0.15, 0.2) is 23.3 Å². The molecule has 334 valence electrons. The van der Waals surface area contributed by atoms with Crippen LogP contribution in [0.2, 0.25) is 0 Å². The van der Waals surface area contributed by atoms with E-state index in [-0.39, 0.29) is 0 Å². The maximum Gasteiger partial charge on any atom is 0.136 e. The van der Waals surface area contributed by atoms with Crippen LogP contribution < -0.4 is 0 Å². The van der Waals surface area contributed by atoms with Crippen LogP contribution in [-0.4, -0.2) is 11.6 Å². The number of Topliss-reactive ketones (excluding diaryl/α,β-unsaturated/α-hetero) is 2. The highest BCUT2D eigenvalue weighted by atomic mass is 16.1. The zero-order valence-electron chi connectivity index (χ0n) is 40.9. The fraction of sp³-hybridized carbons (Fsp3) is 0.895. The first-order valence-electron chi connectivity index (χ1n) is 26.3. The highest BCUT2D eigenvalue weighted by molar-refractivity contribution is 5.83. The first-order chi connectivity index (χ1) is 27.9. The van der Waals surface area contributed by atoms with Crippen molar-refractivity contribution in [1.82, 2.24) is 0 Å². The lowest BCUT2D eigenvalue weighted by molar-refractivity contribution is -0.123. The third-order valence-corrected chi connectivity index (χ3v) is 22.1. The smallest absolute Gasteiger partial charge is 0.136 e. The van der Waals surface area contributed by atoms with Gasteiger partial charge in [0.15, 0.2) is 0 Å². The summed E-state index contributed by atoms with van der Waals surface area (Å²) in [6.07, 6.45) is 31.6. The number of rotatable bonds is 11. The fourth-order valence-electron chi connectivity index (χ4n) is 17.7. The van der Waals surface area contributed by atoms with Crippen LogP contribution in [0.3, 0.4) is 0 Å². The number of ketones is 2. The maximum atomic E-state index is 12.1. The van der Waals surface area contributed by atoms with Gasteiger partial charge in [0, 0.05) is 25.7 Å². The molecule has 8 aliphatic rings. The second kappa shape index (κ2) is 17.8. The highest BCUT2D eigenvalue weighted by Gasteiger charge is 2.61. The molecule has 0 aliphatic heterocycles. The Hall–Kier alpha value is -1.18. The monoisotopic (exact) mass is 811 g/mol. The molecular weight excluding hydrogens is 717 g/mol. The second-order valence-corrected chi connectivity index (χ2v) is 25.1. The highest BCUT2D eigenvalue weighted by Crippen LogP contribution is 2.69. The number of hydrogen-bond acceptors (Lipinski definition) is 2. The van der Waals surface area contributed by atoms with Gasteiger partial charge in [0.1, 0.15) is 11.6 Å². The van der Waals surface area contributed by atoms with E-state index < -0.39 is 0 Å². The van der Waals surface area contributed by atoms with Crippen molar-refractivity contribution in [3.8, 4) is 0 Å². The molecule has 8 aliphatic carbocycles. The molecule has 0 aromatic heterocycles. The second-order valence-electron chi connectivity index (χ2n) is 25.1. The van der Waals surface area contributed by atoms with Crippen LogP contribution >= 0.6 is 0 Å². The molecule has 0 heterocycles. The number of hydrogen-bond donors (Lipinski definition) is 0. The lowest BCUT2D eigenvalue weighted by Crippen LogP contribution is -2.50. The molecule has 0 saturated heterocycles. The van der Waals surface area contributed by atoms with E-state index in [4.69, 9.17) is 0 Å². The van der Waals surface area contributed by atoms with Gasteiger partial charge in [-0.15, -0.1) is 0 Å². The van der Waals surface area contributed by atoms with Crippen LogP contribution in [0.5, 0.6) is 0 Å². The topological polar surface area (TPSA) is 34.1 Å². The predicted octanol–water partition coefficient (Wildman–Crippen LogP) is 16.1. The normalized spacial score (nSPS) is 43.4. The van der Waals surface area contributed by atoms with E-state index in [1.807, 2.05) is 0 Å². The molecule has 0 aromatic carbocycles. The van der Waals surface area contributed by atoms with Gasteiger partial charge in [-0.3, -0.25) is 9.59 Å². The van der Waals surface area contributed by atoms with Gasteiger partial charge in [-0.2, -0.15) is 0 Å². The molecule has 6 fully saturated rings. The summed E-state index contributed by atoms with van der Waals surface area (Å²) in [6, 6.07) is 0. The van der Waals surface area contributed by atoms with Crippen molar-refractivity contribution >= 4 is 11.6 Å². The fourth-order valence-corrected chi connectivity index (χ4v) is 17.7. The Labute approximate surface area is 365 Å². The molecule has 0 radical (unpaired) electrons. The van der Waals surface area contributed by atoms with Crippen molar-refractivity contribution in [3.63, 3.8) is 0 Å². The molecule has 0 N–H and O–H groups in total. The van der Waals surface area contributed by atoms with Gasteiger partial charge in [-0.05, 0) is 188 Å². The van der Waals surface area contributed by atoms with Crippen LogP contribution in [0.25, 0.3) is 0 Å². The molecule has 0 spiro atoms. The Kier molecular flexibility index (Phi) is 13.8. The zero-order valence-corrected chi connectivity index (χ0v) is 40.9. The summed E-state index contributed by atoms with van der Waals surface area (Å²) in [6.45, 7) is 30.0. The summed E-state index contributed by atoms with van der Waals surface area (Å²) >= 11 is 0. The predicted molar refractivity (Wildman–Crippen MR) is 250 cm³/mol. The van der Waals surface area contributed by atoms with Gasteiger partial charge < -0.3 is 0 Å². The molecule has 8 rings (SSSR count). The average molecular weight is 811 g/mol. The molecule has 0 bridgehead atoms. The number of carbonyl (C=O) groups excluding carboxylic acids is 2. The van der Waals surface area contributed by atoms with Crippen molar-refractivity contribution in [2.24, 2.45) is 105 Å². The molecule has 2 nitrogen and oxygen atoms in total. The number of carbonyl (C=O) groups is 2. The van der Waals surface area contributed by atoms with Gasteiger partial charge >= 0.3 is 0 Å². The van der Waals surface area contributed by atoms with Gasteiger partial charge in [0.25, 0.3) is 0 Å². The van der Waals surface area contributed by atoms with Crippen molar-refractivity contribution in [2.75, 3.05) is 0 Å². The Morgan fingerprint density at radius 2 is 0.983 bits per heavy atom. The standard InChI is InChI=1S/C29H48O.C28H46O/c1-7-21(19(2)3)9-8-20(4)25-12-13-26-24-11-10-22-18-23(30)14-16-28(22,5)27(24)15-17-29(25,26)6;1-18(2)19(3)7-8-20(4)24-11-12-25-23-10-9-21-17-22(29)13-15-27(21,5)26(23)14-16-28(24,25)6/h10,19-21,24-27H,7-9,11-18H2,1-6H3;9,18-20,23-26H,7-8,10-17H2,1-6H3/t20-,21-,24+,25-,26+,27+,28+,29-;19-,20-,23+,24-,25+,26+,27+,28-/m11/s1. The molecule has 0 unspecified atom stereocenters. The molecule has 59 heavy (non-hydrogen) atoms. The summed E-state index contributed by atoms with van der Waals surface area (Å²) in [5, 5.41) is 0. The van der Waals surface area contributed by atoms with Crippen molar-refractivity contribution in [3.05, 3.63) is 23.3 Å². The van der Waals surface area contributed by atoms with Crippen LogP contribution in [0.4, 0.5) is 0 Å². The minimum atomic E-state index is 0.327. The Bertz CT molecular complexity index is 1560. The number of fused-ring (bicyclic) bond motifs is 10. The zero-order chi connectivity index (χ0) is 42.7. The Balaban J connectivity index is 0.000000179. The SMILES string of the molecule is CC(C)[C@H](C)CC[C@@H](C)[C@H]1CC[C@H]2[C@@H]3CC=C4CC(=O)CC[C@]4(C)[C@H]3CC[C@]12C.CC[C@H](CC[C@@H](C)[C@H]1CC[C@H]2[C@@H]3CC=C4CC(=O)CC[C@]4(C)[C@H]3CC[C@]12C)C(C)C. The van der Waals surface area contributed by atoms with E-state index >= 15 is 0 Å².